The monoisotopic (exact) mass is 423 g/mol. The smallest absolute Gasteiger partial charge is 0.225 e. The minimum Gasteiger partial charge on any atom is -0.310 e. The van der Waals surface area contributed by atoms with Crippen LogP contribution in [0, 0.1) is 6.92 Å². The van der Waals surface area contributed by atoms with E-state index in [0.717, 1.165) is 41.8 Å². The van der Waals surface area contributed by atoms with Crippen LogP contribution in [0.15, 0.2) is 59.5 Å². The molecule has 0 radical (unpaired) electrons. The molecule has 6 nitrogen and oxygen atoms in total. The zero-order valence-electron chi connectivity index (χ0n) is 17.0. The van der Waals surface area contributed by atoms with E-state index >= 15 is 0 Å². The van der Waals surface area contributed by atoms with E-state index in [-0.39, 0.29) is 24.5 Å². The Morgan fingerprint density at radius 1 is 1.07 bits per heavy atom. The van der Waals surface area contributed by atoms with Gasteiger partial charge < -0.3 is 5.32 Å². The maximum absolute atomic E-state index is 12.6. The Balaban J connectivity index is 1.43. The molecule has 156 valence electrons. The van der Waals surface area contributed by atoms with E-state index in [1.165, 1.54) is 0 Å². The van der Waals surface area contributed by atoms with Crippen molar-refractivity contribution in [3.05, 3.63) is 71.4 Å². The number of hydrogen-bond acceptors (Lipinski definition) is 4. The highest BCUT2D eigenvalue weighted by atomic mass is 32.2. The Bertz CT molecular complexity index is 1150. The summed E-state index contributed by atoms with van der Waals surface area (Å²) in [4.78, 5) is 12.9. The van der Waals surface area contributed by atoms with Crippen molar-refractivity contribution in [2.75, 3.05) is 11.1 Å². The number of nitrogens with one attached hydrogen (secondary N) is 1. The van der Waals surface area contributed by atoms with Crippen LogP contribution in [-0.4, -0.2) is 29.9 Å². The van der Waals surface area contributed by atoms with Gasteiger partial charge in [0.1, 0.15) is 5.82 Å². The fourth-order valence-corrected chi connectivity index (χ4v) is 5.07. The average Bonchev–Trinajstić information content (AvgIpc) is 3.31. The quantitative estimate of drug-likeness (QED) is 0.626. The lowest BCUT2D eigenvalue weighted by Crippen LogP contribution is -2.17. The molecule has 0 saturated heterocycles. The van der Waals surface area contributed by atoms with Gasteiger partial charge in [-0.3, -0.25) is 4.79 Å². The third-order valence-electron chi connectivity index (χ3n) is 5.36. The van der Waals surface area contributed by atoms with Crippen molar-refractivity contribution in [2.45, 2.75) is 43.9 Å². The molecule has 0 atom stereocenters. The molecule has 0 saturated carbocycles. The Morgan fingerprint density at radius 2 is 1.80 bits per heavy atom. The number of hydrogen-bond donors (Lipinski definition) is 1. The minimum atomic E-state index is -3.39. The molecule has 7 heteroatoms. The van der Waals surface area contributed by atoms with Crippen LogP contribution in [0.2, 0.25) is 0 Å². The first-order valence-electron chi connectivity index (χ1n) is 10.2. The third-order valence-corrected chi connectivity index (χ3v) is 7.18. The molecule has 1 aliphatic carbocycles. The van der Waals surface area contributed by atoms with Crippen LogP contribution >= 0.6 is 0 Å². The van der Waals surface area contributed by atoms with Crippen molar-refractivity contribution in [3.8, 4) is 5.69 Å². The molecule has 0 bridgehead atoms. The second kappa shape index (κ2) is 8.44. The molecule has 1 N–H and O–H groups in total. The van der Waals surface area contributed by atoms with E-state index in [1.54, 1.807) is 28.9 Å². The summed E-state index contributed by atoms with van der Waals surface area (Å²) in [6, 6.07) is 16.5. The SMILES string of the molecule is Cc1ccc(S(=O)(=O)CCCC(=O)Nc2c3c(nn2-c2ccccc2)CCC3)cc1. The van der Waals surface area contributed by atoms with Gasteiger partial charge in [-0.05, 0) is 56.9 Å². The van der Waals surface area contributed by atoms with E-state index in [0.29, 0.717) is 10.7 Å². The molecule has 0 unspecified atom stereocenters. The van der Waals surface area contributed by atoms with Gasteiger partial charge >= 0.3 is 0 Å². The van der Waals surface area contributed by atoms with E-state index in [1.807, 2.05) is 37.3 Å². The number of para-hydroxylation sites is 1. The Kier molecular flexibility index (Phi) is 5.72. The van der Waals surface area contributed by atoms with E-state index in [9.17, 15) is 13.2 Å². The number of benzene rings is 2. The van der Waals surface area contributed by atoms with Crippen molar-refractivity contribution in [2.24, 2.45) is 0 Å². The number of aryl methyl sites for hydroxylation is 2. The second-order valence-electron chi connectivity index (χ2n) is 7.66. The molecule has 3 aromatic rings. The number of sulfone groups is 1. The lowest BCUT2D eigenvalue weighted by molar-refractivity contribution is -0.116. The molecule has 2 aromatic carbocycles. The van der Waals surface area contributed by atoms with Crippen LogP contribution in [0.4, 0.5) is 5.82 Å². The Hall–Kier alpha value is -2.93. The molecule has 0 aliphatic heterocycles. The number of carbonyl (C=O) groups is 1. The van der Waals surface area contributed by atoms with Gasteiger partial charge in [0.15, 0.2) is 9.84 Å². The maximum atomic E-state index is 12.6. The number of nitrogens with zero attached hydrogens (tertiary/aromatic N) is 2. The molecule has 0 fully saturated rings. The highest BCUT2D eigenvalue weighted by Crippen LogP contribution is 2.31. The lowest BCUT2D eigenvalue weighted by atomic mass is 10.2. The summed E-state index contributed by atoms with van der Waals surface area (Å²) >= 11 is 0. The van der Waals surface area contributed by atoms with Gasteiger partial charge in [-0.25, -0.2) is 13.1 Å². The van der Waals surface area contributed by atoms with Crippen LogP contribution in [0.3, 0.4) is 0 Å². The number of aromatic nitrogens is 2. The molecule has 1 heterocycles. The van der Waals surface area contributed by atoms with Crippen molar-refractivity contribution >= 4 is 21.6 Å². The van der Waals surface area contributed by atoms with Crippen molar-refractivity contribution < 1.29 is 13.2 Å². The van der Waals surface area contributed by atoms with E-state index < -0.39 is 9.84 Å². The van der Waals surface area contributed by atoms with Crippen LogP contribution in [0.1, 0.15) is 36.1 Å². The lowest BCUT2D eigenvalue weighted by Gasteiger charge is -2.11. The molecular weight excluding hydrogens is 398 g/mol. The second-order valence-corrected chi connectivity index (χ2v) is 9.77. The van der Waals surface area contributed by atoms with Gasteiger partial charge in [-0.1, -0.05) is 35.9 Å². The first-order chi connectivity index (χ1) is 14.4. The number of carbonyl (C=O) groups excluding carboxylic acids is 1. The van der Waals surface area contributed by atoms with Crippen molar-refractivity contribution in [1.29, 1.82) is 0 Å². The molecule has 1 aromatic heterocycles. The van der Waals surface area contributed by atoms with Gasteiger partial charge in [0.2, 0.25) is 5.91 Å². The molecule has 30 heavy (non-hydrogen) atoms. The predicted octanol–water partition coefficient (Wildman–Crippen LogP) is 3.86. The highest BCUT2D eigenvalue weighted by molar-refractivity contribution is 7.91. The average molecular weight is 424 g/mol. The Morgan fingerprint density at radius 3 is 2.53 bits per heavy atom. The summed E-state index contributed by atoms with van der Waals surface area (Å²) in [5.41, 5.74) is 4.01. The molecule has 1 amide bonds. The standard InChI is InChI=1S/C23H25N3O3S/c1-17-12-14-19(15-13-17)30(28,29)16-6-11-22(27)24-23-20-9-5-10-21(20)25-26(23)18-7-3-2-4-8-18/h2-4,7-8,12-15H,5-6,9-11,16H2,1H3,(H,24,27). The van der Waals surface area contributed by atoms with Crippen molar-refractivity contribution in [1.82, 2.24) is 9.78 Å². The highest BCUT2D eigenvalue weighted by Gasteiger charge is 2.24. The maximum Gasteiger partial charge on any atom is 0.225 e. The first kappa shape index (κ1) is 20.3. The minimum absolute atomic E-state index is 0.0560. The summed E-state index contributed by atoms with van der Waals surface area (Å²) in [6.45, 7) is 1.91. The summed E-state index contributed by atoms with van der Waals surface area (Å²) in [5, 5.41) is 7.68. The number of amides is 1. The zero-order valence-corrected chi connectivity index (χ0v) is 17.8. The normalized spacial score (nSPS) is 13.2. The molecule has 4 rings (SSSR count). The topological polar surface area (TPSA) is 81.1 Å². The fourth-order valence-electron chi connectivity index (χ4n) is 3.76. The van der Waals surface area contributed by atoms with Crippen molar-refractivity contribution in [3.63, 3.8) is 0 Å². The van der Waals surface area contributed by atoms with Gasteiger partial charge in [0.05, 0.1) is 22.0 Å². The van der Waals surface area contributed by atoms with Gasteiger partial charge in [0, 0.05) is 12.0 Å². The fraction of sp³-hybridized carbons (Fsp3) is 0.304. The molecule has 0 spiro atoms. The number of fused-ring (bicyclic) bond motifs is 1. The molecule has 1 aliphatic rings. The first-order valence-corrected chi connectivity index (χ1v) is 11.8. The zero-order chi connectivity index (χ0) is 21.1. The van der Waals surface area contributed by atoms with E-state index in [4.69, 9.17) is 0 Å². The van der Waals surface area contributed by atoms with Crippen LogP contribution < -0.4 is 5.32 Å². The predicted molar refractivity (Wildman–Crippen MR) is 117 cm³/mol. The van der Waals surface area contributed by atoms with Gasteiger partial charge in [-0.2, -0.15) is 5.10 Å². The van der Waals surface area contributed by atoms with Gasteiger partial charge in [-0.15, -0.1) is 0 Å². The van der Waals surface area contributed by atoms with E-state index in [2.05, 4.69) is 10.4 Å². The summed E-state index contributed by atoms with van der Waals surface area (Å²) in [5.74, 6) is 0.459. The number of anilines is 1. The van der Waals surface area contributed by atoms with Crippen LogP contribution in [0.5, 0.6) is 0 Å². The third kappa shape index (κ3) is 4.31. The summed E-state index contributed by atoms with van der Waals surface area (Å²) < 4.78 is 26.8. The summed E-state index contributed by atoms with van der Waals surface area (Å²) in [6.07, 6.45) is 3.24. The van der Waals surface area contributed by atoms with Crippen LogP contribution in [-0.2, 0) is 27.5 Å². The Labute approximate surface area is 176 Å². The molecular formula is C23H25N3O3S. The number of rotatable bonds is 7. The van der Waals surface area contributed by atoms with Crippen LogP contribution in [0.25, 0.3) is 5.69 Å². The van der Waals surface area contributed by atoms with Gasteiger partial charge in [0.25, 0.3) is 0 Å². The largest absolute Gasteiger partial charge is 0.310 e. The summed E-state index contributed by atoms with van der Waals surface area (Å²) in [7, 11) is -3.39.